The molecule has 8 bridgehead atoms. The highest BCUT2D eigenvalue weighted by molar-refractivity contribution is 5.90. The molecule has 0 spiro atoms. The van der Waals surface area contributed by atoms with E-state index >= 15 is 0 Å². The molecule has 0 N–H and O–H groups in total. The normalized spacial score (nSPS) is 13.9. The summed E-state index contributed by atoms with van der Waals surface area (Å²) in [7, 11) is 0. The van der Waals surface area contributed by atoms with E-state index in [9.17, 15) is 0 Å². The first-order chi connectivity index (χ1) is 23.1. The van der Waals surface area contributed by atoms with Crippen LogP contribution >= 0.6 is 0 Å². The largest absolute Gasteiger partial charge is 0.288 e. The van der Waals surface area contributed by atoms with Crippen molar-refractivity contribution >= 4 is 24.9 Å². The van der Waals surface area contributed by atoms with Crippen LogP contribution in [-0.2, 0) is 26.2 Å². The molecule has 1 heterocycles. The lowest BCUT2D eigenvalue weighted by Gasteiger charge is -2.17. The fraction of sp³-hybridized carbons (Fsp3) is 0.364. The lowest BCUT2D eigenvalue weighted by Crippen LogP contribution is -2.04. The van der Waals surface area contributed by atoms with E-state index < -0.39 is 0 Å². The number of fused-ring (bicyclic) bond motifs is 8. The highest BCUT2D eigenvalue weighted by Gasteiger charge is 2.15. The van der Waals surface area contributed by atoms with Crippen LogP contribution in [0, 0.1) is 0 Å². The molecule has 0 saturated heterocycles. The SMILES string of the molecule is CC(C)c1cc(C(C)C)c2cc1C=NCc1cccc(c1)CN=Cc1cc(c(C(C)C)cc1C(C)C)C=NCc1cccc(c1)CN=C2. The minimum atomic E-state index is 0.391. The van der Waals surface area contributed by atoms with Crippen molar-refractivity contribution < 1.29 is 0 Å². The lowest BCUT2D eigenvalue weighted by atomic mass is 9.88. The fourth-order valence-electron chi connectivity index (χ4n) is 6.43. The molecule has 4 heteroatoms. The van der Waals surface area contributed by atoms with Gasteiger partial charge in [0.15, 0.2) is 0 Å². The second-order valence-electron chi connectivity index (χ2n) is 14.4. The predicted octanol–water partition coefficient (Wildman–Crippen LogP) is 11.0. The van der Waals surface area contributed by atoms with Crippen LogP contribution in [0.3, 0.4) is 0 Å². The van der Waals surface area contributed by atoms with Crippen LogP contribution in [0.5, 0.6) is 0 Å². The molecule has 4 aromatic rings. The van der Waals surface area contributed by atoms with E-state index in [1.807, 2.05) is 0 Å². The summed E-state index contributed by atoms with van der Waals surface area (Å²) in [5.41, 5.74) is 14.7. The van der Waals surface area contributed by atoms with Crippen molar-refractivity contribution in [2.45, 2.75) is 105 Å². The van der Waals surface area contributed by atoms with Crippen molar-refractivity contribution in [3.63, 3.8) is 0 Å². The molecule has 48 heavy (non-hydrogen) atoms. The van der Waals surface area contributed by atoms with Gasteiger partial charge in [0.1, 0.15) is 0 Å². The summed E-state index contributed by atoms with van der Waals surface area (Å²) in [4.78, 5) is 19.7. The van der Waals surface area contributed by atoms with Crippen molar-refractivity contribution in [2.75, 3.05) is 0 Å². The van der Waals surface area contributed by atoms with Crippen LogP contribution < -0.4 is 0 Å². The van der Waals surface area contributed by atoms with Gasteiger partial charge in [0.2, 0.25) is 0 Å². The van der Waals surface area contributed by atoms with Crippen LogP contribution in [0.2, 0.25) is 0 Å². The Morgan fingerprint density at radius 2 is 0.604 bits per heavy atom. The molecule has 0 unspecified atom stereocenters. The van der Waals surface area contributed by atoms with Crippen molar-refractivity contribution in [3.8, 4) is 0 Å². The third-order valence-electron chi connectivity index (χ3n) is 9.07. The van der Waals surface area contributed by atoms with E-state index in [1.165, 1.54) is 44.5 Å². The van der Waals surface area contributed by atoms with Crippen molar-refractivity contribution in [2.24, 2.45) is 20.0 Å². The van der Waals surface area contributed by atoms with Gasteiger partial charge in [-0.2, -0.15) is 0 Å². The van der Waals surface area contributed by atoms with E-state index in [4.69, 9.17) is 20.0 Å². The van der Waals surface area contributed by atoms with Crippen LogP contribution in [0.15, 0.2) is 92.8 Å². The third kappa shape index (κ3) is 8.92. The quantitative estimate of drug-likeness (QED) is 0.214. The van der Waals surface area contributed by atoms with Gasteiger partial charge in [-0.05, 0) is 103 Å². The van der Waals surface area contributed by atoms with E-state index in [-0.39, 0.29) is 0 Å². The van der Waals surface area contributed by atoms with Crippen molar-refractivity contribution in [1.29, 1.82) is 0 Å². The van der Waals surface area contributed by atoms with Crippen molar-refractivity contribution in [3.05, 3.63) is 140 Å². The highest BCUT2D eigenvalue weighted by Crippen LogP contribution is 2.29. The van der Waals surface area contributed by atoms with E-state index in [1.54, 1.807) is 0 Å². The maximum absolute atomic E-state index is 4.94. The Hall–Kier alpha value is -4.44. The molecule has 248 valence electrons. The Bertz CT molecular complexity index is 1580. The monoisotopic (exact) mass is 636 g/mol. The second kappa shape index (κ2) is 16.1. The maximum Gasteiger partial charge on any atom is 0.0640 e. The minimum absolute atomic E-state index is 0.391. The van der Waals surface area contributed by atoms with Gasteiger partial charge >= 0.3 is 0 Å². The first kappa shape index (κ1) is 34.9. The molecule has 0 atom stereocenters. The van der Waals surface area contributed by atoms with Gasteiger partial charge in [-0.3, -0.25) is 20.0 Å². The first-order valence-corrected chi connectivity index (χ1v) is 17.6. The van der Waals surface area contributed by atoms with Gasteiger partial charge in [0, 0.05) is 24.9 Å². The zero-order valence-corrected chi connectivity index (χ0v) is 30.2. The van der Waals surface area contributed by atoms with Crippen LogP contribution in [0.1, 0.15) is 146 Å². The molecule has 4 aromatic carbocycles. The lowest BCUT2D eigenvalue weighted by molar-refractivity contribution is 0.830. The molecule has 1 aliphatic heterocycles. The average Bonchev–Trinajstić information content (AvgIpc) is 3.04. The molecular formula is C44H52N4. The first-order valence-electron chi connectivity index (χ1n) is 17.6. The summed E-state index contributed by atoms with van der Waals surface area (Å²) in [6.07, 6.45) is 8.21. The molecular weight excluding hydrogens is 585 g/mol. The number of aliphatic imine (C=N–C) groups is 4. The average molecular weight is 637 g/mol. The molecule has 0 saturated carbocycles. The van der Waals surface area contributed by atoms with Crippen LogP contribution in [-0.4, -0.2) is 24.9 Å². The molecule has 0 amide bonds. The Morgan fingerprint density at radius 3 is 0.833 bits per heavy atom. The van der Waals surface area contributed by atoms with Crippen LogP contribution in [0.4, 0.5) is 0 Å². The van der Waals surface area contributed by atoms with Gasteiger partial charge in [-0.15, -0.1) is 0 Å². The Labute approximate surface area is 288 Å². The molecule has 0 aliphatic carbocycles. The Morgan fingerprint density at radius 1 is 0.354 bits per heavy atom. The van der Waals surface area contributed by atoms with Gasteiger partial charge in [-0.25, -0.2) is 0 Å². The van der Waals surface area contributed by atoms with Crippen LogP contribution in [0.25, 0.3) is 0 Å². The van der Waals surface area contributed by atoms with Gasteiger partial charge < -0.3 is 0 Å². The van der Waals surface area contributed by atoms with E-state index in [0.29, 0.717) is 49.9 Å². The Balaban J connectivity index is 1.57. The Kier molecular flexibility index (Phi) is 11.7. The molecule has 4 nitrogen and oxygen atoms in total. The van der Waals surface area contributed by atoms with Gasteiger partial charge in [-0.1, -0.05) is 116 Å². The third-order valence-corrected chi connectivity index (χ3v) is 9.07. The molecule has 1 aliphatic rings. The second-order valence-corrected chi connectivity index (χ2v) is 14.4. The summed E-state index contributed by atoms with van der Waals surface area (Å²) in [5.74, 6) is 1.56. The maximum atomic E-state index is 4.94. The van der Waals surface area contributed by atoms with Crippen molar-refractivity contribution in [1.82, 2.24) is 0 Å². The molecule has 0 fully saturated rings. The molecule has 0 aromatic heterocycles. The number of benzene rings is 4. The topological polar surface area (TPSA) is 49.4 Å². The van der Waals surface area contributed by atoms with Gasteiger partial charge in [0.25, 0.3) is 0 Å². The number of rotatable bonds is 4. The van der Waals surface area contributed by atoms with E-state index in [0.717, 1.165) is 22.3 Å². The standard InChI is InChI=1S/C44H52N4/c1-29(2)41-19-42(30(3)4)38-17-37(41)25-45-21-33-11-9-12-34(15-33)23-47-27-39-18-40(44(32(7)8)20-43(39)31(5)6)28-48-24-36-14-10-13-35(16-36)22-46-26-38/h9-20,25-32H,21-24H2,1-8H3. The van der Waals surface area contributed by atoms with E-state index in [2.05, 4.69) is 153 Å². The zero-order chi connectivity index (χ0) is 34.2. The minimum Gasteiger partial charge on any atom is -0.288 e. The summed E-state index contributed by atoms with van der Waals surface area (Å²) in [6, 6.07) is 26.6. The van der Waals surface area contributed by atoms with Gasteiger partial charge in [0.05, 0.1) is 26.2 Å². The summed E-state index contributed by atoms with van der Waals surface area (Å²) >= 11 is 0. The molecule has 0 radical (unpaired) electrons. The number of hydrogen-bond acceptors (Lipinski definition) is 4. The fourth-order valence-corrected chi connectivity index (χ4v) is 6.43. The summed E-state index contributed by atoms with van der Waals surface area (Å²) in [5, 5.41) is 0. The zero-order valence-electron chi connectivity index (χ0n) is 30.2. The smallest absolute Gasteiger partial charge is 0.0640 e. The summed E-state index contributed by atoms with van der Waals surface area (Å²) < 4.78 is 0. The number of nitrogens with zero attached hydrogens (tertiary/aromatic N) is 4. The molecule has 5 rings (SSSR count). The number of hydrogen-bond donors (Lipinski definition) is 0. The summed E-state index contributed by atoms with van der Waals surface area (Å²) in [6.45, 7) is 20.6. The predicted molar refractivity (Wildman–Crippen MR) is 207 cm³/mol. The highest BCUT2D eigenvalue weighted by atomic mass is 14.7.